The molecule has 0 aliphatic heterocycles. The fraction of sp³-hybridized carbons (Fsp3) is 0.417. The summed E-state index contributed by atoms with van der Waals surface area (Å²) >= 11 is 0. The van der Waals surface area contributed by atoms with E-state index in [2.05, 4.69) is 0 Å². The molecule has 3 heteroatoms. The van der Waals surface area contributed by atoms with Crippen LogP contribution in [0.15, 0.2) is 18.2 Å². The van der Waals surface area contributed by atoms with Gasteiger partial charge in [-0.2, -0.15) is 0 Å². The van der Waals surface area contributed by atoms with E-state index >= 15 is 0 Å². The van der Waals surface area contributed by atoms with Gasteiger partial charge in [0, 0.05) is 5.69 Å². The lowest BCUT2D eigenvalue weighted by Crippen LogP contribution is -2.16. The van der Waals surface area contributed by atoms with E-state index in [1.54, 1.807) is 12.1 Å². The summed E-state index contributed by atoms with van der Waals surface area (Å²) in [6, 6.07) is 5.40. The molecular formula is C12H17NO2. The average Bonchev–Trinajstić information content (AvgIpc) is 2.05. The van der Waals surface area contributed by atoms with Crippen molar-refractivity contribution < 1.29 is 9.90 Å². The molecule has 1 aromatic carbocycles. The molecule has 0 aromatic heterocycles. The van der Waals surface area contributed by atoms with Crippen molar-refractivity contribution in [2.45, 2.75) is 32.6 Å². The van der Waals surface area contributed by atoms with Crippen LogP contribution in [0.25, 0.3) is 0 Å². The van der Waals surface area contributed by atoms with Crippen molar-refractivity contribution in [2.24, 2.45) is 0 Å². The van der Waals surface area contributed by atoms with Gasteiger partial charge in [0.2, 0.25) is 0 Å². The van der Waals surface area contributed by atoms with Crippen LogP contribution in [0, 0.1) is 0 Å². The second-order valence-corrected chi connectivity index (χ2v) is 4.74. The Morgan fingerprint density at radius 2 is 2.00 bits per heavy atom. The summed E-state index contributed by atoms with van der Waals surface area (Å²) in [6.45, 7) is 6.15. The molecule has 3 nitrogen and oxygen atoms in total. The quantitative estimate of drug-likeness (QED) is 0.731. The van der Waals surface area contributed by atoms with Crippen LogP contribution in [0.1, 0.15) is 31.9 Å². The van der Waals surface area contributed by atoms with Crippen LogP contribution in [0.4, 0.5) is 5.69 Å². The van der Waals surface area contributed by atoms with E-state index in [1.807, 2.05) is 26.8 Å². The number of hydrogen-bond acceptors (Lipinski definition) is 2. The fourth-order valence-electron chi connectivity index (χ4n) is 1.61. The SMILES string of the molecule is CC(C)(C)c1cc(N)ccc1CC(=O)O. The molecule has 0 aliphatic rings. The molecular weight excluding hydrogens is 190 g/mol. The number of hydrogen-bond donors (Lipinski definition) is 2. The van der Waals surface area contributed by atoms with Gasteiger partial charge in [0.15, 0.2) is 0 Å². The maximum absolute atomic E-state index is 10.7. The first-order valence-corrected chi connectivity index (χ1v) is 4.91. The third-order valence-electron chi connectivity index (χ3n) is 2.28. The van der Waals surface area contributed by atoms with Gasteiger partial charge in [-0.15, -0.1) is 0 Å². The molecule has 0 bridgehead atoms. The lowest BCUT2D eigenvalue weighted by Gasteiger charge is -2.22. The van der Waals surface area contributed by atoms with Crippen LogP contribution in [-0.4, -0.2) is 11.1 Å². The minimum absolute atomic E-state index is 0.0485. The number of nitrogen functional groups attached to an aromatic ring is 1. The normalized spacial score (nSPS) is 11.4. The molecule has 0 unspecified atom stereocenters. The molecule has 0 fully saturated rings. The molecule has 0 aliphatic carbocycles. The number of carboxylic acid groups (broad SMARTS) is 1. The van der Waals surface area contributed by atoms with Gasteiger partial charge in [-0.3, -0.25) is 4.79 Å². The zero-order valence-electron chi connectivity index (χ0n) is 9.37. The zero-order valence-corrected chi connectivity index (χ0v) is 9.37. The van der Waals surface area contributed by atoms with Gasteiger partial charge >= 0.3 is 5.97 Å². The third-order valence-corrected chi connectivity index (χ3v) is 2.28. The Balaban J connectivity index is 3.20. The lowest BCUT2D eigenvalue weighted by molar-refractivity contribution is -0.136. The maximum Gasteiger partial charge on any atom is 0.307 e. The first-order chi connectivity index (χ1) is 6.80. The molecule has 3 N–H and O–H groups in total. The number of benzene rings is 1. The van der Waals surface area contributed by atoms with Gasteiger partial charge in [-0.05, 0) is 28.7 Å². The van der Waals surface area contributed by atoms with Crippen molar-refractivity contribution in [1.82, 2.24) is 0 Å². The van der Waals surface area contributed by atoms with E-state index < -0.39 is 5.97 Å². The molecule has 1 aromatic rings. The second-order valence-electron chi connectivity index (χ2n) is 4.74. The molecule has 0 amide bonds. The number of aliphatic carboxylic acids is 1. The van der Waals surface area contributed by atoms with E-state index in [1.165, 1.54) is 0 Å². The van der Waals surface area contributed by atoms with Crippen molar-refractivity contribution >= 4 is 11.7 Å². The summed E-state index contributed by atoms with van der Waals surface area (Å²) < 4.78 is 0. The highest BCUT2D eigenvalue weighted by Gasteiger charge is 2.19. The Kier molecular flexibility index (Phi) is 3.03. The van der Waals surface area contributed by atoms with Crippen LogP contribution >= 0.6 is 0 Å². The number of anilines is 1. The second kappa shape index (κ2) is 3.93. The summed E-state index contributed by atoms with van der Waals surface area (Å²) in [5, 5.41) is 8.80. The van der Waals surface area contributed by atoms with Crippen LogP contribution < -0.4 is 5.73 Å². The van der Waals surface area contributed by atoms with Crippen LogP contribution in [-0.2, 0) is 16.6 Å². The van der Waals surface area contributed by atoms with E-state index in [0.717, 1.165) is 11.1 Å². The highest BCUT2D eigenvalue weighted by Crippen LogP contribution is 2.28. The highest BCUT2D eigenvalue weighted by molar-refractivity contribution is 5.71. The molecule has 0 saturated heterocycles. The lowest BCUT2D eigenvalue weighted by atomic mass is 9.82. The Morgan fingerprint density at radius 3 is 2.47 bits per heavy atom. The molecule has 0 radical (unpaired) electrons. The molecule has 0 saturated carbocycles. The van der Waals surface area contributed by atoms with E-state index in [9.17, 15) is 4.79 Å². The summed E-state index contributed by atoms with van der Waals surface area (Å²) in [7, 11) is 0. The van der Waals surface area contributed by atoms with Crippen molar-refractivity contribution in [3.8, 4) is 0 Å². The first kappa shape index (κ1) is 11.6. The molecule has 0 atom stereocenters. The third kappa shape index (κ3) is 2.98. The minimum atomic E-state index is -0.815. The monoisotopic (exact) mass is 207 g/mol. The predicted molar refractivity (Wildman–Crippen MR) is 60.9 cm³/mol. The summed E-state index contributed by atoms with van der Waals surface area (Å²) in [5.41, 5.74) is 8.14. The number of carbonyl (C=O) groups is 1. The van der Waals surface area contributed by atoms with Crippen molar-refractivity contribution in [3.63, 3.8) is 0 Å². The minimum Gasteiger partial charge on any atom is -0.481 e. The number of rotatable bonds is 2. The number of carboxylic acids is 1. The summed E-state index contributed by atoms with van der Waals surface area (Å²) in [5.74, 6) is -0.815. The van der Waals surface area contributed by atoms with Gasteiger partial charge < -0.3 is 10.8 Å². The van der Waals surface area contributed by atoms with E-state index in [4.69, 9.17) is 10.8 Å². The van der Waals surface area contributed by atoms with Crippen molar-refractivity contribution in [2.75, 3.05) is 5.73 Å². The molecule has 1 rings (SSSR count). The molecule has 0 spiro atoms. The van der Waals surface area contributed by atoms with Crippen molar-refractivity contribution in [3.05, 3.63) is 29.3 Å². The van der Waals surface area contributed by atoms with Crippen LogP contribution in [0.5, 0.6) is 0 Å². The van der Waals surface area contributed by atoms with Gasteiger partial charge in [-0.1, -0.05) is 26.8 Å². The largest absolute Gasteiger partial charge is 0.481 e. The maximum atomic E-state index is 10.7. The van der Waals surface area contributed by atoms with E-state index in [0.29, 0.717) is 5.69 Å². The fourth-order valence-corrected chi connectivity index (χ4v) is 1.61. The Morgan fingerprint density at radius 1 is 1.40 bits per heavy atom. The summed E-state index contributed by atoms with van der Waals surface area (Å²) in [4.78, 5) is 10.7. The van der Waals surface area contributed by atoms with Gasteiger partial charge in [-0.25, -0.2) is 0 Å². The topological polar surface area (TPSA) is 63.3 Å². The van der Waals surface area contributed by atoms with Gasteiger partial charge in [0.25, 0.3) is 0 Å². The number of nitrogens with two attached hydrogens (primary N) is 1. The molecule has 15 heavy (non-hydrogen) atoms. The Bertz CT molecular complexity index is 378. The molecule has 0 heterocycles. The van der Waals surface area contributed by atoms with E-state index in [-0.39, 0.29) is 11.8 Å². The van der Waals surface area contributed by atoms with Gasteiger partial charge in [0.05, 0.1) is 6.42 Å². The predicted octanol–water partition coefficient (Wildman–Crippen LogP) is 2.19. The zero-order chi connectivity index (χ0) is 11.6. The highest BCUT2D eigenvalue weighted by atomic mass is 16.4. The Labute approximate surface area is 89.9 Å². The van der Waals surface area contributed by atoms with Gasteiger partial charge in [0.1, 0.15) is 0 Å². The Hall–Kier alpha value is -1.51. The van der Waals surface area contributed by atoms with Crippen LogP contribution in [0.3, 0.4) is 0 Å². The smallest absolute Gasteiger partial charge is 0.307 e. The van der Waals surface area contributed by atoms with Crippen LogP contribution in [0.2, 0.25) is 0 Å². The van der Waals surface area contributed by atoms with Crippen molar-refractivity contribution in [1.29, 1.82) is 0 Å². The standard InChI is InChI=1S/C12H17NO2/c1-12(2,3)10-7-9(13)5-4-8(10)6-11(14)15/h4-5,7H,6,13H2,1-3H3,(H,14,15). The first-order valence-electron chi connectivity index (χ1n) is 4.91. The summed E-state index contributed by atoms with van der Waals surface area (Å²) in [6.07, 6.45) is 0.0485. The molecule has 82 valence electrons. The average molecular weight is 207 g/mol.